The second-order valence-corrected chi connectivity index (χ2v) is 8.12. The van der Waals surface area contributed by atoms with E-state index in [0.717, 1.165) is 22.6 Å². The molecule has 0 bridgehead atoms. The van der Waals surface area contributed by atoms with Crippen LogP contribution < -0.4 is 5.32 Å². The molecule has 1 N–H and O–H groups in total. The number of nitrogens with one attached hydrogen (secondary N) is 1. The van der Waals surface area contributed by atoms with Gasteiger partial charge in [-0.15, -0.1) is 16.8 Å². The van der Waals surface area contributed by atoms with Crippen molar-refractivity contribution in [3.63, 3.8) is 0 Å². The average molecular weight is 343 g/mol. The van der Waals surface area contributed by atoms with Crippen molar-refractivity contribution >= 4 is 34.1 Å². The van der Waals surface area contributed by atoms with Crippen LogP contribution in [-0.4, -0.2) is 46.4 Å². The van der Waals surface area contributed by atoms with E-state index < -0.39 is 0 Å². The van der Waals surface area contributed by atoms with E-state index in [4.69, 9.17) is 0 Å². The molecule has 1 rings (SSSR count). The fourth-order valence-electron chi connectivity index (χ4n) is 1.87. The Morgan fingerprint density at radius 3 is 2.50 bits per heavy atom. The molecule has 22 heavy (non-hydrogen) atoms. The van der Waals surface area contributed by atoms with Crippen LogP contribution in [0.15, 0.2) is 17.0 Å². The second-order valence-electron chi connectivity index (χ2n) is 5.92. The van der Waals surface area contributed by atoms with Gasteiger partial charge in [0, 0.05) is 19.6 Å². The number of amides is 1. The van der Waals surface area contributed by atoms with Crippen LogP contribution in [0.25, 0.3) is 0 Å². The van der Waals surface area contributed by atoms with Crippen molar-refractivity contribution in [3.8, 4) is 0 Å². The number of carbonyl (C=O) groups is 1. The molecule has 0 unspecified atom stereocenters. The summed E-state index contributed by atoms with van der Waals surface area (Å²) in [5.74, 6) is 1.53. The van der Waals surface area contributed by atoms with E-state index in [1.807, 2.05) is 4.90 Å². The van der Waals surface area contributed by atoms with Gasteiger partial charge in [0.15, 0.2) is 4.34 Å². The first kappa shape index (κ1) is 19.0. The van der Waals surface area contributed by atoms with Crippen LogP contribution in [0.4, 0.5) is 5.13 Å². The lowest BCUT2D eigenvalue weighted by molar-refractivity contribution is -0.129. The maximum Gasteiger partial charge on any atom is 0.233 e. The minimum Gasteiger partial charge on any atom is -0.357 e. The number of carbonyl (C=O) groups excluding carboxylic acids is 1. The van der Waals surface area contributed by atoms with Gasteiger partial charge < -0.3 is 10.2 Å². The summed E-state index contributed by atoms with van der Waals surface area (Å²) in [6.45, 7) is 14.5. The highest BCUT2D eigenvalue weighted by Gasteiger charge is 2.17. The van der Waals surface area contributed by atoms with E-state index in [1.54, 1.807) is 6.08 Å². The second kappa shape index (κ2) is 9.84. The molecule has 0 radical (unpaired) electrons. The largest absolute Gasteiger partial charge is 0.357 e. The van der Waals surface area contributed by atoms with Gasteiger partial charge in [0.2, 0.25) is 11.0 Å². The van der Waals surface area contributed by atoms with Crippen LogP contribution in [0.5, 0.6) is 0 Å². The van der Waals surface area contributed by atoms with Crippen molar-refractivity contribution in [2.75, 3.05) is 30.7 Å². The predicted molar refractivity (Wildman–Crippen MR) is 95.6 cm³/mol. The summed E-state index contributed by atoms with van der Waals surface area (Å²) in [6, 6.07) is 0. The van der Waals surface area contributed by atoms with Gasteiger partial charge in [-0.2, -0.15) is 0 Å². The highest BCUT2D eigenvalue weighted by molar-refractivity contribution is 8.01. The average Bonchev–Trinajstić information content (AvgIpc) is 2.88. The minimum atomic E-state index is 0.170. The number of nitrogens with zero attached hydrogens (tertiary/aromatic N) is 3. The molecule has 5 nitrogen and oxygen atoms in total. The maximum atomic E-state index is 12.4. The lowest BCUT2D eigenvalue weighted by Gasteiger charge is -2.26. The van der Waals surface area contributed by atoms with Crippen molar-refractivity contribution in [2.24, 2.45) is 11.8 Å². The van der Waals surface area contributed by atoms with Gasteiger partial charge in [-0.1, -0.05) is 56.9 Å². The molecule has 0 aliphatic rings. The topological polar surface area (TPSA) is 58.1 Å². The third-order valence-electron chi connectivity index (χ3n) is 2.65. The quantitative estimate of drug-likeness (QED) is 0.522. The van der Waals surface area contributed by atoms with Crippen molar-refractivity contribution in [3.05, 3.63) is 12.7 Å². The van der Waals surface area contributed by atoms with E-state index in [1.165, 1.54) is 23.1 Å². The smallest absolute Gasteiger partial charge is 0.233 e. The van der Waals surface area contributed by atoms with Crippen LogP contribution in [0, 0.1) is 11.8 Å². The molecular weight excluding hydrogens is 316 g/mol. The van der Waals surface area contributed by atoms with Crippen LogP contribution in [0.3, 0.4) is 0 Å². The molecular formula is C15H26N4OS2. The van der Waals surface area contributed by atoms with Crippen LogP contribution in [0.1, 0.15) is 27.7 Å². The minimum absolute atomic E-state index is 0.170. The van der Waals surface area contributed by atoms with E-state index >= 15 is 0 Å². The summed E-state index contributed by atoms with van der Waals surface area (Å²) in [7, 11) is 0. The van der Waals surface area contributed by atoms with Crippen LogP contribution in [-0.2, 0) is 4.79 Å². The molecule has 0 saturated heterocycles. The number of anilines is 1. The summed E-state index contributed by atoms with van der Waals surface area (Å²) in [6.07, 6.45) is 1.77. The first-order valence-electron chi connectivity index (χ1n) is 7.51. The summed E-state index contributed by atoms with van der Waals surface area (Å²) < 4.78 is 0.814. The number of hydrogen-bond donors (Lipinski definition) is 1. The fraction of sp³-hybridized carbons (Fsp3) is 0.667. The highest BCUT2D eigenvalue weighted by atomic mass is 32.2. The van der Waals surface area contributed by atoms with Gasteiger partial charge in [-0.25, -0.2) is 0 Å². The van der Waals surface area contributed by atoms with Gasteiger partial charge in [-0.05, 0) is 11.8 Å². The van der Waals surface area contributed by atoms with Crippen molar-refractivity contribution in [1.82, 2.24) is 15.1 Å². The molecule has 0 spiro atoms. The van der Waals surface area contributed by atoms with Crippen molar-refractivity contribution in [2.45, 2.75) is 32.0 Å². The number of thioether (sulfide) groups is 1. The highest BCUT2D eigenvalue weighted by Crippen LogP contribution is 2.25. The Labute approximate surface area is 141 Å². The summed E-state index contributed by atoms with van der Waals surface area (Å²) >= 11 is 2.92. The predicted octanol–water partition coefficient (Wildman–Crippen LogP) is 3.37. The zero-order chi connectivity index (χ0) is 16.5. The molecule has 0 aromatic carbocycles. The molecule has 0 saturated carbocycles. The zero-order valence-corrected chi connectivity index (χ0v) is 15.5. The summed E-state index contributed by atoms with van der Waals surface area (Å²) in [4.78, 5) is 14.4. The Kier molecular flexibility index (Phi) is 8.48. The number of rotatable bonds is 10. The standard InChI is InChI=1S/C15H26N4OS2/c1-6-7-16-14-17-18-15(22-14)21-10-13(20)19(8-11(2)3)9-12(4)5/h6,11-12H,1,7-10H2,2-5H3,(H,16,17). The number of hydrogen-bond acceptors (Lipinski definition) is 6. The van der Waals surface area contributed by atoms with E-state index in [-0.39, 0.29) is 5.91 Å². The van der Waals surface area contributed by atoms with Gasteiger partial charge >= 0.3 is 0 Å². The lowest BCUT2D eigenvalue weighted by atomic mass is 10.1. The molecule has 1 aromatic rings. The Bertz CT molecular complexity index is 464. The molecule has 1 aromatic heterocycles. The Balaban J connectivity index is 2.50. The third-order valence-corrected chi connectivity index (χ3v) is 4.65. The summed E-state index contributed by atoms with van der Waals surface area (Å²) in [5.41, 5.74) is 0. The van der Waals surface area contributed by atoms with Crippen LogP contribution >= 0.6 is 23.1 Å². The molecule has 7 heteroatoms. The molecule has 1 heterocycles. The third kappa shape index (κ3) is 7.26. The lowest BCUT2D eigenvalue weighted by Crippen LogP contribution is -2.38. The van der Waals surface area contributed by atoms with Crippen molar-refractivity contribution < 1.29 is 4.79 Å². The molecule has 0 aliphatic heterocycles. The van der Waals surface area contributed by atoms with Gasteiger partial charge in [0.05, 0.1) is 5.75 Å². The monoisotopic (exact) mass is 342 g/mol. The molecule has 0 fully saturated rings. The van der Waals surface area contributed by atoms with E-state index in [9.17, 15) is 4.79 Å². The Morgan fingerprint density at radius 1 is 1.32 bits per heavy atom. The molecule has 1 amide bonds. The maximum absolute atomic E-state index is 12.4. The first-order chi connectivity index (χ1) is 10.4. The van der Waals surface area contributed by atoms with Gasteiger partial charge in [0.25, 0.3) is 0 Å². The first-order valence-corrected chi connectivity index (χ1v) is 9.31. The van der Waals surface area contributed by atoms with Gasteiger partial charge in [0.1, 0.15) is 0 Å². The molecule has 0 aliphatic carbocycles. The molecule has 124 valence electrons. The zero-order valence-electron chi connectivity index (χ0n) is 13.8. The fourth-order valence-corrected chi connectivity index (χ4v) is 3.54. The van der Waals surface area contributed by atoms with E-state index in [2.05, 4.69) is 49.8 Å². The normalized spacial score (nSPS) is 11.0. The van der Waals surface area contributed by atoms with Crippen LogP contribution in [0.2, 0.25) is 0 Å². The Hall–Kier alpha value is -1.08. The summed E-state index contributed by atoms with van der Waals surface area (Å²) in [5, 5.41) is 12.0. The SMILES string of the molecule is C=CCNc1nnc(SCC(=O)N(CC(C)C)CC(C)C)s1. The van der Waals surface area contributed by atoms with E-state index in [0.29, 0.717) is 24.1 Å². The van der Waals surface area contributed by atoms with Gasteiger partial charge in [-0.3, -0.25) is 4.79 Å². The molecule has 0 atom stereocenters. The number of aromatic nitrogens is 2. The Morgan fingerprint density at radius 2 is 1.95 bits per heavy atom. The van der Waals surface area contributed by atoms with Crippen molar-refractivity contribution in [1.29, 1.82) is 0 Å².